The molecule has 0 aliphatic heterocycles. The predicted octanol–water partition coefficient (Wildman–Crippen LogP) is 2.73. The van der Waals surface area contributed by atoms with E-state index in [1.165, 1.54) is 38.5 Å². The van der Waals surface area contributed by atoms with Crippen LogP contribution < -0.4 is 5.32 Å². The van der Waals surface area contributed by atoms with Crippen LogP contribution in [-0.4, -0.2) is 11.4 Å². The number of hydrogen-bond acceptors (Lipinski definition) is 1. The zero-order valence-electron chi connectivity index (χ0n) is 10.7. The normalized spacial score (nSPS) is 54.8. The molecule has 0 heterocycles. The molecule has 5 fully saturated rings. The molecule has 5 saturated carbocycles. The standard InChI is InChI=1S/C15H23NO/c1-9-2-13(9)14(17)16-15-6-10-3-11(7-15)5-12(4-10)8-15/h9-13H,2-8H2,1H3,(H,16,17)/t9-,10?,11?,12?,13-,15?/m1/s1. The average Bonchev–Trinajstić information content (AvgIpc) is 2.92. The van der Waals surface area contributed by atoms with Gasteiger partial charge in [-0.3, -0.25) is 4.79 Å². The Bertz CT molecular complexity index is 327. The largest absolute Gasteiger partial charge is 0.350 e. The minimum absolute atomic E-state index is 0.230. The van der Waals surface area contributed by atoms with Crippen molar-refractivity contribution < 1.29 is 4.79 Å². The summed E-state index contributed by atoms with van der Waals surface area (Å²) in [4.78, 5) is 12.2. The monoisotopic (exact) mass is 233 g/mol. The summed E-state index contributed by atoms with van der Waals surface area (Å²) in [6, 6.07) is 0. The van der Waals surface area contributed by atoms with Crippen molar-refractivity contribution in [3.63, 3.8) is 0 Å². The van der Waals surface area contributed by atoms with Crippen molar-refractivity contribution in [2.75, 3.05) is 0 Å². The molecule has 94 valence electrons. The topological polar surface area (TPSA) is 29.1 Å². The van der Waals surface area contributed by atoms with E-state index in [-0.39, 0.29) is 5.54 Å². The average molecular weight is 233 g/mol. The minimum atomic E-state index is 0.230. The second kappa shape index (κ2) is 3.27. The van der Waals surface area contributed by atoms with E-state index in [4.69, 9.17) is 0 Å². The zero-order chi connectivity index (χ0) is 11.6. The predicted molar refractivity (Wildman–Crippen MR) is 66.3 cm³/mol. The maximum atomic E-state index is 12.2. The molecule has 5 aliphatic carbocycles. The van der Waals surface area contributed by atoms with Crippen molar-refractivity contribution in [2.45, 2.75) is 57.4 Å². The number of nitrogens with one attached hydrogen (secondary N) is 1. The van der Waals surface area contributed by atoms with Crippen molar-refractivity contribution in [3.8, 4) is 0 Å². The van der Waals surface area contributed by atoms with Crippen molar-refractivity contribution in [1.82, 2.24) is 5.32 Å². The van der Waals surface area contributed by atoms with Crippen molar-refractivity contribution >= 4 is 5.91 Å². The van der Waals surface area contributed by atoms with Crippen molar-refractivity contribution in [1.29, 1.82) is 0 Å². The molecule has 1 amide bonds. The molecule has 2 nitrogen and oxygen atoms in total. The highest BCUT2D eigenvalue weighted by Crippen LogP contribution is 2.56. The molecule has 0 unspecified atom stereocenters. The summed E-state index contributed by atoms with van der Waals surface area (Å²) in [5.41, 5.74) is 0.230. The van der Waals surface area contributed by atoms with Gasteiger partial charge in [-0.15, -0.1) is 0 Å². The maximum Gasteiger partial charge on any atom is 0.223 e. The molecule has 0 aromatic heterocycles. The summed E-state index contributed by atoms with van der Waals surface area (Å²) >= 11 is 0. The number of carbonyl (C=O) groups excluding carboxylic acids is 1. The van der Waals surface area contributed by atoms with Crippen LogP contribution in [0, 0.1) is 29.6 Å². The van der Waals surface area contributed by atoms with Gasteiger partial charge in [0.15, 0.2) is 0 Å². The Kier molecular flexibility index (Phi) is 2.00. The summed E-state index contributed by atoms with van der Waals surface area (Å²) in [5.74, 6) is 4.15. The van der Waals surface area contributed by atoms with E-state index in [0.717, 1.165) is 24.2 Å². The highest BCUT2D eigenvalue weighted by Gasteiger charge is 2.52. The minimum Gasteiger partial charge on any atom is -0.350 e. The van der Waals surface area contributed by atoms with Crippen LogP contribution in [-0.2, 0) is 4.79 Å². The fourth-order valence-electron chi connectivity index (χ4n) is 5.31. The molecule has 0 aromatic rings. The summed E-state index contributed by atoms with van der Waals surface area (Å²) in [6.07, 6.45) is 9.33. The molecule has 0 aromatic carbocycles. The summed E-state index contributed by atoms with van der Waals surface area (Å²) < 4.78 is 0. The summed E-state index contributed by atoms with van der Waals surface area (Å²) in [6.45, 7) is 2.20. The van der Waals surface area contributed by atoms with Crippen LogP contribution in [0.4, 0.5) is 0 Å². The quantitative estimate of drug-likeness (QED) is 0.780. The molecule has 4 bridgehead atoms. The Morgan fingerprint density at radius 2 is 1.47 bits per heavy atom. The fourth-order valence-corrected chi connectivity index (χ4v) is 5.31. The van der Waals surface area contributed by atoms with Gasteiger partial charge in [0.2, 0.25) is 5.91 Å². The number of carbonyl (C=O) groups is 1. The van der Waals surface area contributed by atoms with Gasteiger partial charge in [0.05, 0.1) is 0 Å². The third-order valence-corrected chi connectivity index (χ3v) is 5.87. The van der Waals surface area contributed by atoms with Gasteiger partial charge < -0.3 is 5.32 Å². The van der Waals surface area contributed by atoms with E-state index < -0.39 is 0 Å². The third-order valence-electron chi connectivity index (χ3n) is 5.87. The van der Waals surface area contributed by atoms with E-state index in [1.807, 2.05) is 0 Å². The lowest BCUT2D eigenvalue weighted by Crippen LogP contribution is -2.60. The van der Waals surface area contributed by atoms with Gasteiger partial charge in [0.25, 0.3) is 0 Å². The van der Waals surface area contributed by atoms with E-state index >= 15 is 0 Å². The van der Waals surface area contributed by atoms with Crippen LogP contribution in [0.25, 0.3) is 0 Å². The second-order valence-corrected chi connectivity index (χ2v) is 7.51. The number of rotatable bonds is 2. The van der Waals surface area contributed by atoms with Gasteiger partial charge in [-0.2, -0.15) is 0 Å². The molecular weight excluding hydrogens is 210 g/mol. The molecule has 1 N–H and O–H groups in total. The molecule has 5 rings (SSSR count). The van der Waals surface area contributed by atoms with E-state index in [2.05, 4.69) is 12.2 Å². The van der Waals surface area contributed by atoms with E-state index in [0.29, 0.717) is 17.7 Å². The lowest BCUT2D eigenvalue weighted by atomic mass is 9.53. The molecule has 17 heavy (non-hydrogen) atoms. The van der Waals surface area contributed by atoms with Crippen LogP contribution >= 0.6 is 0 Å². The van der Waals surface area contributed by atoms with Crippen LogP contribution in [0.5, 0.6) is 0 Å². The summed E-state index contributed by atoms with van der Waals surface area (Å²) in [7, 11) is 0. The molecule has 0 saturated heterocycles. The first-order valence-electron chi connectivity index (χ1n) is 7.45. The molecule has 2 atom stereocenters. The van der Waals surface area contributed by atoms with Gasteiger partial charge in [-0.25, -0.2) is 0 Å². The zero-order valence-corrected chi connectivity index (χ0v) is 10.7. The maximum absolute atomic E-state index is 12.2. The van der Waals surface area contributed by atoms with Crippen molar-refractivity contribution in [2.24, 2.45) is 29.6 Å². The van der Waals surface area contributed by atoms with Gasteiger partial charge in [-0.05, 0) is 68.6 Å². The lowest BCUT2D eigenvalue weighted by molar-refractivity contribution is -0.128. The second-order valence-electron chi connectivity index (χ2n) is 7.51. The third kappa shape index (κ3) is 1.63. The lowest BCUT2D eigenvalue weighted by Gasteiger charge is -2.57. The highest BCUT2D eigenvalue weighted by atomic mass is 16.2. The Labute approximate surface area is 104 Å². The number of amides is 1. The Balaban J connectivity index is 1.51. The van der Waals surface area contributed by atoms with Gasteiger partial charge in [0.1, 0.15) is 0 Å². The molecule has 0 radical (unpaired) electrons. The molecule has 5 aliphatic rings. The van der Waals surface area contributed by atoms with Crippen LogP contribution in [0.1, 0.15) is 51.9 Å². The summed E-state index contributed by atoms with van der Waals surface area (Å²) in [5, 5.41) is 3.48. The van der Waals surface area contributed by atoms with Crippen LogP contribution in [0.3, 0.4) is 0 Å². The SMILES string of the molecule is C[C@@H]1C[C@H]1C(=O)NC12CC3CC(CC(C3)C1)C2. The Morgan fingerprint density at radius 1 is 1.00 bits per heavy atom. The van der Waals surface area contributed by atoms with E-state index in [1.54, 1.807) is 0 Å². The smallest absolute Gasteiger partial charge is 0.223 e. The number of hydrogen-bond donors (Lipinski definition) is 1. The van der Waals surface area contributed by atoms with E-state index in [9.17, 15) is 4.79 Å². The first-order chi connectivity index (χ1) is 8.13. The first-order valence-corrected chi connectivity index (χ1v) is 7.45. The van der Waals surface area contributed by atoms with Crippen LogP contribution in [0.15, 0.2) is 0 Å². The molecule has 2 heteroatoms. The molecular formula is C15H23NO. The van der Waals surface area contributed by atoms with Crippen LogP contribution in [0.2, 0.25) is 0 Å². The Morgan fingerprint density at radius 3 is 1.88 bits per heavy atom. The van der Waals surface area contributed by atoms with Crippen molar-refractivity contribution in [3.05, 3.63) is 0 Å². The molecule has 0 spiro atoms. The van der Waals surface area contributed by atoms with Gasteiger partial charge in [0, 0.05) is 11.5 Å². The van der Waals surface area contributed by atoms with Gasteiger partial charge >= 0.3 is 0 Å². The van der Waals surface area contributed by atoms with Gasteiger partial charge in [-0.1, -0.05) is 6.92 Å². The fraction of sp³-hybridized carbons (Fsp3) is 0.933. The first kappa shape index (κ1) is 10.4. The Hall–Kier alpha value is -0.530. The highest BCUT2D eigenvalue weighted by molar-refractivity contribution is 5.82.